The average Bonchev–Trinajstić information content (AvgIpc) is 2.02. The summed E-state index contributed by atoms with van der Waals surface area (Å²) in [4.78, 5) is 7.12. The minimum Gasteiger partial charge on any atom is -0.449 e. The molecule has 1 atom stereocenters. The van der Waals surface area contributed by atoms with E-state index in [1.54, 1.807) is 0 Å². The standard InChI is InChI=1S/C6H7BF3N2OS/c1-14(13)6-11-3-5(4-12-6)2-7(8,9)10/h3-4H,2H2,1H3/q-1. The lowest BCUT2D eigenvalue weighted by Gasteiger charge is -2.12. The van der Waals surface area contributed by atoms with Gasteiger partial charge >= 0.3 is 6.98 Å². The molecular formula is C6H7BF3N2OS-. The Morgan fingerprint density at radius 2 is 1.86 bits per heavy atom. The van der Waals surface area contributed by atoms with E-state index in [1.807, 2.05) is 0 Å². The third-order valence-electron chi connectivity index (χ3n) is 1.41. The first-order valence-corrected chi connectivity index (χ1v) is 5.29. The van der Waals surface area contributed by atoms with Crippen LogP contribution in [0.2, 0.25) is 0 Å². The molecule has 78 valence electrons. The second-order valence-corrected chi connectivity index (χ2v) is 4.02. The predicted molar refractivity (Wildman–Crippen MR) is 47.1 cm³/mol. The number of aromatic nitrogens is 2. The van der Waals surface area contributed by atoms with Gasteiger partial charge in [0, 0.05) is 18.6 Å². The van der Waals surface area contributed by atoms with Crippen LogP contribution in [0.15, 0.2) is 17.6 Å². The van der Waals surface area contributed by atoms with Crippen LogP contribution in [0.3, 0.4) is 0 Å². The number of halogens is 3. The van der Waals surface area contributed by atoms with E-state index in [9.17, 15) is 17.2 Å². The Kier molecular flexibility index (Phi) is 3.25. The van der Waals surface area contributed by atoms with Crippen LogP contribution in [0, 0.1) is 0 Å². The Hall–Kier alpha value is -0.915. The molecule has 3 nitrogen and oxygen atoms in total. The van der Waals surface area contributed by atoms with Crippen LogP contribution in [0.5, 0.6) is 0 Å². The Labute approximate surface area is 81.3 Å². The molecule has 0 aromatic carbocycles. The highest BCUT2D eigenvalue weighted by Gasteiger charge is 2.23. The Bertz CT molecular complexity index is 340. The van der Waals surface area contributed by atoms with Crippen molar-refractivity contribution in [3.05, 3.63) is 18.0 Å². The summed E-state index contributed by atoms with van der Waals surface area (Å²) >= 11 is 0. The minimum absolute atomic E-state index is 0.00769. The van der Waals surface area contributed by atoms with E-state index in [0.717, 1.165) is 12.4 Å². The van der Waals surface area contributed by atoms with E-state index in [-0.39, 0.29) is 10.7 Å². The van der Waals surface area contributed by atoms with Crippen molar-refractivity contribution in [3.8, 4) is 0 Å². The van der Waals surface area contributed by atoms with Gasteiger partial charge in [0.1, 0.15) is 0 Å². The molecule has 0 amide bonds. The van der Waals surface area contributed by atoms with Gasteiger partial charge in [-0.1, -0.05) is 6.32 Å². The first kappa shape index (κ1) is 11.2. The lowest BCUT2D eigenvalue weighted by atomic mass is 9.83. The molecule has 0 aliphatic rings. The average molecular weight is 223 g/mol. The molecule has 1 heterocycles. The number of rotatable bonds is 3. The summed E-state index contributed by atoms with van der Waals surface area (Å²) in [7, 11) is -1.36. The van der Waals surface area contributed by atoms with E-state index < -0.39 is 24.1 Å². The van der Waals surface area contributed by atoms with Crippen LogP contribution in [-0.2, 0) is 17.1 Å². The fourth-order valence-corrected chi connectivity index (χ4v) is 1.27. The maximum atomic E-state index is 11.9. The lowest BCUT2D eigenvalue weighted by molar-refractivity contribution is 0.468. The van der Waals surface area contributed by atoms with Crippen molar-refractivity contribution >= 4 is 17.8 Å². The molecule has 0 bridgehead atoms. The van der Waals surface area contributed by atoms with Gasteiger partial charge in [-0.05, 0) is 5.56 Å². The van der Waals surface area contributed by atoms with Gasteiger partial charge in [0.2, 0.25) is 5.16 Å². The smallest absolute Gasteiger partial charge is 0.449 e. The summed E-state index contributed by atoms with van der Waals surface area (Å²) in [6, 6.07) is 0. The maximum absolute atomic E-state index is 11.9. The third-order valence-corrected chi connectivity index (χ3v) is 2.13. The zero-order valence-corrected chi connectivity index (χ0v) is 8.10. The lowest BCUT2D eigenvalue weighted by Crippen LogP contribution is -2.19. The van der Waals surface area contributed by atoms with E-state index in [4.69, 9.17) is 0 Å². The van der Waals surface area contributed by atoms with E-state index in [2.05, 4.69) is 9.97 Å². The largest absolute Gasteiger partial charge is 0.482 e. The summed E-state index contributed by atoms with van der Waals surface area (Å²) < 4.78 is 46.7. The first-order chi connectivity index (χ1) is 6.38. The molecule has 14 heavy (non-hydrogen) atoms. The van der Waals surface area contributed by atoms with Crippen LogP contribution in [0.4, 0.5) is 12.9 Å². The highest BCUT2D eigenvalue weighted by Crippen LogP contribution is 2.14. The van der Waals surface area contributed by atoms with Gasteiger partial charge < -0.3 is 12.9 Å². The molecule has 0 saturated carbocycles. The van der Waals surface area contributed by atoms with Crippen molar-refractivity contribution < 1.29 is 17.2 Å². The molecule has 0 fully saturated rings. The highest BCUT2D eigenvalue weighted by atomic mass is 32.2. The second kappa shape index (κ2) is 4.08. The van der Waals surface area contributed by atoms with Gasteiger partial charge in [0.05, 0.1) is 10.8 Å². The van der Waals surface area contributed by atoms with Crippen LogP contribution < -0.4 is 0 Å². The summed E-state index contributed by atoms with van der Waals surface area (Å²) in [5.74, 6) is 0. The topological polar surface area (TPSA) is 42.9 Å². The molecule has 0 N–H and O–H groups in total. The molecule has 0 spiro atoms. The minimum atomic E-state index is -4.87. The Balaban J connectivity index is 2.79. The maximum Gasteiger partial charge on any atom is 0.482 e. The van der Waals surface area contributed by atoms with E-state index in [0.29, 0.717) is 0 Å². The predicted octanol–water partition coefficient (Wildman–Crippen LogP) is 1.14. The zero-order chi connectivity index (χ0) is 10.8. The summed E-state index contributed by atoms with van der Waals surface area (Å²) in [6.45, 7) is -4.87. The summed E-state index contributed by atoms with van der Waals surface area (Å²) in [6.07, 6.45) is 2.47. The van der Waals surface area contributed by atoms with Crippen molar-refractivity contribution in [2.24, 2.45) is 0 Å². The normalized spacial score (nSPS) is 14.0. The third kappa shape index (κ3) is 3.45. The number of hydrogen-bond acceptors (Lipinski definition) is 3. The summed E-state index contributed by atoms with van der Waals surface area (Å²) in [5, 5.41) is 0.0448. The fourth-order valence-electron chi connectivity index (χ4n) is 0.864. The monoisotopic (exact) mass is 223 g/mol. The number of hydrogen-bond donors (Lipinski definition) is 0. The van der Waals surface area contributed by atoms with Gasteiger partial charge in [-0.2, -0.15) is 0 Å². The molecule has 1 aromatic rings. The SMILES string of the molecule is CS(=O)c1ncc(C[B-](F)(F)F)cn1. The van der Waals surface area contributed by atoms with Gasteiger partial charge in [0.25, 0.3) is 0 Å². The molecular weight excluding hydrogens is 216 g/mol. The Morgan fingerprint density at radius 1 is 1.36 bits per heavy atom. The van der Waals surface area contributed by atoms with Crippen LogP contribution in [0.25, 0.3) is 0 Å². The van der Waals surface area contributed by atoms with Crippen LogP contribution in [-0.4, -0.2) is 27.4 Å². The molecule has 0 aliphatic carbocycles. The highest BCUT2D eigenvalue weighted by molar-refractivity contribution is 7.84. The molecule has 1 aromatic heterocycles. The molecule has 0 radical (unpaired) electrons. The van der Waals surface area contributed by atoms with E-state index >= 15 is 0 Å². The molecule has 0 saturated heterocycles. The van der Waals surface area contributed by atoms with Crippen LogP contribution in [0.1, 0.15) is 5.56 Å². The van der Waals surface area contributed by atoms with Crippen molar-refractivity contribution in [3.63, 3.8) is 0 Å². The number of nitrogens with zero attached hydrogens (tertiary/aromatic N) is 2. The van der Waals surface area contributed by atoms with Gasteiger partial charge in [-0.3, -0.25) is 4.21 Å². The molecule has 1 unspecified atom stereocenters. The second-order valence-electron chi connectivity index (χ2n) is 2.74. The van der Waals surface area contributed by atoms with Crippen molar-refractivity contribution in [1.29, 1.82) is 0 Å². The summed E-state index contributed by atoms with van der Waals surface area (Å²) in [5.41, 5.74) is -0.00769. The Morgan fingerprint density at radius 3 is 2.21 bits per heavy atom. The zero-order valence-electron chi connectivity index (χ0n) is 7.28. The van der Waals surface area contributed by atoms with Crippen molar-refractivity contribution in [2.45, 2.75) is 11.5 Å². The molecule has 8 heteroatoms. The molecule has 0 aliphatic heterocycles. The van der Waals surface area contributed by atoms with E-state index in [1.165, 1.54) is 6.26 Å². The van der Waals surface area contributed by atoms with Crippen LogP contribution >= 0.6 is 0 Å². The van der Waals surface area contributed by atoms with Crippen molar-refractivity contribution in [1.82, 2.24) is 9.97 Å². The van der Waals surface area contributed by atoms with Gasteiger partial charge in [-0.15, -0.1) is 0 Å². The fraction of sp³-hybridized carbons (Fsp3) is 0.333. The van der Waals surface area contributed by atoms with Gasteiger partial charge in [-0.25, -0.2) is 9.97 Å². The van der Waals surface area contributed by atoms with Crippen molar-refractivity contribution in [2.75, 3.05) is 6.26 Å². The first-order valence-electron chi connectivity index (χ1n) is 3.74. The quantitative estimate of drug-likeness (QED) is 0.570. The molecule has 1 rings (SSSR count). The van der Waals surface area contributed by atoms with Gasteiger partial charge in [0.15, 0.2) is 0 Å².